The van der Waals surface area contributed by atoms with Crippen molar-refractivity contribution < 1.29 is 9.18 Å². The maximum atomic E-state index is 13.2. The summed E-state index contributed by atoms with van der Waals surface area (Å²) in [4.78, 5) is 25.1. The van der Waals surface area contributed by atoms with Crippen molar-refractivity contribution in [2.75, 3.05) is 10.6 Å². The van der Waals surface area contributed by atoms with Crippen LogP contribution >= 0.6 is 11.6 Å². The molecule has 3 aromatic rings. The van der Waals surface area contributed by atoms with Gasteiger partial charge in [-0.1, -0.05) is 17.7 Å². The first-order chi connectivity index (χ1) is 12.5. The van der Waals surface area contributed by atoms with Crippen LogP contribution in [0.4, 0.5) is 16.0 Å². The molecule has 3 rings (SSSR count). The first-order valence-electron chi connectivity index (χ1n) is 7.77. The molecule has 0 saturated carbocycles. The van der Waals surface area contributed by atoms with E-state index in [4.69, 9.17) is 11.6 Å². The minimum Gasteiger partial charge on any atom is -0.349 e. The molecule has 0 fully saturated rings. The predicted molar refractivity (Wildman–Crippen MR) is 97.7 cm³/mol. The van der Waals surface area contributed by atoms with Crippen LogP contribution in [0.5, 0.6) is 0 Å². The summed E-state index contributed by atoms with van der Waals surface area (Å²) in [5, 5.41) is 5.61. The van der Waals surface area contributed by atoms with Crippen LogP contribution in [0.3, 0.4) is 0 Å². The van der Waals surface area contributed by atoms with E-state index in [9.17, 15) is 9.18 Å². The van der Waals surface area contributed by atoms with Gasteiger partial charge in [0.2, 0.25) is 5.95 Å². The Labute approximate surface area is 154 Å². The second-order valence-electron chi connectivity index (χ2n) is 5.48. The Morgan fingerprint density at radius 1 is 1.19 bits per heavy atom. The molecule has 0 spiro atoms. The van der Waals surface area contributed by atoms with Gasteiger partial charge in [0.05, 0.1) is 17.3 Å². The third-order valence-electron chi connectivity index (χ3n) is 3.42. The normalized spacial score (nSPS) is 10.4. The van der Waals surface area contributed by atoms with Gasteiger partial charge in [0.25, 0.3) is 5.91 Å². The van der Waals surface area contributed by atoms with Crippen LogP contribution in [0.2, 0.25) is 5.02 Å². The number of hydrogen-bond acceptors (Lipinski definition) is 5. The molecule has 8 heteroatoms. The van der Waals surface area contributed by atoms with Crippen molar-refractivity contribution in [1.29, 1.82) is 0 Å². The number of carbonyl (C=O) groups is 1. The van der Waals surface area contributed by atoms with E-state index >= 15 is 0 Å². The number of nitrogens with one attached hydrogen (secondary N) is 2. The number of amides is 1. The van der Waals surface area contributed by atoms with E-state index in [2.05, 4.69) is 25.6 Å². The fourth-order valence-electron chi connectivity index (χ4n) is 2.21. The zero-order valence-corrected chi connectivity index (χ0v) is 14.6. The van der Waals surface area contributed by atoms with Crippen LogP contribution in [0.1, 0.15) is 21.9 Å². The van der Waals surface area contributed by atoms with Crippen LogP contribution in [0, 0.1) is 12.7 Å². The van der Waals surface area contributed by atoms with Crippen molar-refractivity contribution in [3.63, 3.8) is 0 Å². The molecule has 132 valence electrons. The van der Waals surface area contributed by atoms with Crippen molar-refractivity contribution >= 4 is 29.1 Å². The number of aromatic nitrogens is 3. The topological polar surface area (TPSA) is 79.8 Å². The Hall–Kier alpha value is -3.06. The van der Waals surface area contributed by atoms with Crippen LogP contribution in [-0.2, 0) is 6.54 Å². The van der Waals surface area contributed by atoms with Gasteiger partial charge in [-0.25, -0.2) is 14.4 Å². The van der Waals surface area contributed by atoms with Gasteiger partial charge in [0.1, 0.15) is 11.5 Å². The molecule has 0 saturated heterocycles. The highest BCUT2D eigenvalue weighted by Gasteiger charge is 2.12. The fourth-order valence-corrected chi connectivity index (χ4v) is 2.39. The van der Waals surface area contributed by atoms with Gasteiger partial charge in [0, 0.05) is 17.6 Å². The molecule has 0 aliphatic carbocycles. The lowest BCUT2D eigenvalue weighted by Crippen LogP contribution is -2.16. The lowest BCUT2D eigenvalue weighted by Gasteiger charge is -2.09. The third-order valence-corrected chi connectivity index (χ3v) is 3.71. The molecule has 26 heavy (non-hydrogen) atoms. The average Bonchev–Trinajstić information content (AvgIpc) is 2.63. The van der Waals surface area contributed by atoms with Crippen LogP contribution in [-0.4, -0.2) is 20.9 Å². The van der Waals surface area contributed by atoms with Crippen LogP contribution in [0.25, 0.3) is 0 Å². The number of anilines is 2. The van der Waals surface area contributed by atoms with Crippen molar-refractivity contribution in [2.24, 2.45) is 0 Å². The molecule has 0 aliphatic heterocycles. The molecule has 0 atom stereocenters. The predicted octanol–water partition coefficient (Wildman–Crippen LogP) is 3.84. The standard InChI is InChI=1S/C18H15ClFN5O/c1-11-8-16(17(26)24-12-5-6-15(20)14(19)9-12)25-18(23-11)22-10-13-4-2-3-7-21-13/h2-9H,10H2,1H3,(H,24,26)(H,22,23,25). The molecule has 2 aromatic heterocycles. The molecule has 0 aliphatic rings. The third kappa shape index (κ3) is 4.52. The van der Waals surface area contributed by atoms with Gasteiger partial charge < -0.3 is 10.6 Å². The largest absolute Gasteiger partial charge is 0.349 e. The first-order valence-corrected chi connectivity index (χ1v) is 8.15. The van der Waals surface area contributed by atoms with Crippen LogP contribution in [0.15, 0.2) is 48.7 Å². The summed E-state index contributed by atoms with van der Waals surface area (Å²) in [5.41, 5.74) is 2.01. The average molecular weight is 372 g/mol. The fraction of sp³-hybridized carbons (Fsp3) is 0.111. The number of carbonyl (C=O) groups excluding carboxylic acids is 1. The summed E-state index contributed by atoms with van der Waals surface area (Å²) in [6.45, 7) is 2.19. The van der Waals surface area contributed by atoms with E-state index in [-0.39, 0.29) is 10.7 Å². The molecule has 1 amide bonds. The van der Waals surface area contributed by atoms with Gasteiger partial charge in [-0.3, -0.25) is 9.78 Å². The number of pyridine rings is 1. The summed E-state index contributed by atoms with van der Waals surface area (Å²) in [6.07, 6.45) is 1.70. The van der Waals surface area contributed by atoms with Gasteiger partial charge in [-0.15, -0.1) is 0 Å². The molecule has 0 unspecified atom stereocenters. The molecule has 6 nitrogen and oxygen atoms in total. The molecular formula is C18H15ClFN5O. The van der Waals surface area contributed by atoms with Gasteiger partial charge in [0.15, 0.2) is 0 Å². The van der Waals surface area contributed by atoms with Crippen molar-refractivity contribution in [1.82, 2.24) is 15.0 Å². The molecule has 2 heterocycles. The molecular weight excluding hydrogens is 357 g/mol. The summed E-state index contributed by atoms with van der Waals surface area (Å²) in [6, 6.07) is 11.1. The lowest BCUT2D eigenvalue weighted by molar-refractivity contribution is 0.102. The highest BCUT2D eigenvalue weighted by molar-refractivity contribution is 6.31. The minimum atomic E-state index is -0.552. The Morgan fingerprint density at radius 3 is 2.77 bits per heavy atom. The summed E-state index contributed by atoms with van der Waals surface area (Å²) in [5.74, 6) is -0.680. The SMILES string of the molecule is Cc1cc(C(=O)Nc2ccc(F)c(Cl)c2)nc(NCc2ccccn2)n1. The second-order valence-corrected chi connectivity index (χ2v) is 5.88. The summed E-state index contributed by atoms with van der Waals surface area (Å²) < 4.78 is 13.2. The Kier molecular flexibility index (Phi) is 5.38. The van der Waals surface area contributed by atoms with Crippen molar-refractivity contribution in [3.8, 4) is 0 Å². The van der Waals surface area contributed by atoms with E-state index in [1.807, 2.05) is 18.2 Å². The number of rotatable bonds is 5. The number of aryl methyl sites for hydroxylation is 1. The first kappa shape index (κ1) is 17.8. The number of halogens is 2. The lowest BCUT2D eigenvalue weighted by atomic mass is 10.2. The van der Waals surface area contributed by atoms with Gasteiger partial charge in [-0.05, 0) is 43.3 Å². The highest BCUT2D eigenvalue weighted by Crippen LogP contribution is 2.20. The highest BCUT2D eigenvalue weighted by atomic mass is 35.5. The van der Waals surface area contributed by atoms with Gasteiger partial charge >= 0.3 is 0 Å². The second kappa shape index (κ2) is 7.88. The van der Waals surface area contributed by atoms with E-state index in [0.29, 0.717) is 23.9 Å². The number of hydrogen-bond donors (Lipinski definition) is 2. The Balaban J connectivity index is 1.73. The zero-order valence-electron chi connectivity index (χ0n) is 13.8. The smallest absolute Gasteiger partial charge is 0.274 e. The molecule has 0 radical (unpaired) electrons. The number of benzene rings is 1. The van der Waals surface area contributed by atoms with E-state index < -0.39 is 11.7 Å². The van der Waals surface area contributed by atoms with E-state index in [1.54, 1.807) is 19.2 Å². The monoisotopic (exact) mass is 371 g/mol. The quantitative estimate of drug-likeness (QED) is 0.712. The van der Waals surface area contributed by atoms with E-state index in [0.717, 1.165) is 5.69 Å². The maximum Gasteiger partial charge on any atom is 0.274 e. The van der Waals surface area contributed by atoms with Crippen molar-refractivity contribution in [2.45, 2.75) is 13.5 Å². The minimum absolute atomic E-state index is 0.0700. The molecule has 1 aromatic carbocycles. The molecule has 0 bridgehead atoms. The van der Waals surface area contributed by atoms with E-state index in [1.165, 1.54) is 18.2 Å². The van der Waals surface area contributed by atoms with Crippen LogP contribution < -0.4 is 10.6 Å². The zero-order chi connectivity index (χ0) is 18.5. The van der Waals surface area contributed by atoms with Crippen molar-refractivity contribution in [3.05, 3.63) is 76.6 Å². The Morgan fingerprint density at radius 2 is 2.04 bits per heavy atom. The number of nitrogens with zero attached hydrogens (tertiary/aromatic N) is 3. The summed E-state index contributed by atoms with van der Waals surface area (Å²) in [7, 11) is 0. The molecule has 2 N–H and O–H groups in total. The Bertz CT molecular complexity index is 936. The summed E-state index contributed by atoms with van der Waals surface area (Å²) >= 11 is 5.73. The maximum absolute atomic E-state index is 13.2. The van der Waals surface area contributed by atoms with Gasteiger partial charge in [-0.2, -0.15) is 0 Å².